The highest BCUT2D eigenvalue weighted by atomic mass is 19.3. The molecule has 1 aliphatic carbocycles. The number of hydrogen-bond acceptors (Lipinski definition) is 2. The maximum absolute atomic E-state index is 12.8. The quantitative estimate of drug-likeness (QED) is 0.932. The molecule has 1 aliphatic rings. The molecule has 1 aromatic heterocycles. The summed E-state index contributed by atoms with van der Waals surface area (Å²) in [7, 11) is 0. The number of aromatic nitrogens is 1. The molecule has 1 aromatic carbocycles. The molecular weight excluding hydrogens is 262 g/mol. The molecule has 1 heterocycles. The van der Waals surface area contributed by atoms with E-state index in [1.807, 2.05) is 24.3 Å². The van der Waals surface area contributed by atoms with Crippen molar-refractivity contribution >= 4 is 11.6 Å². The van der Waals surface area contributed by atoms with Gasteiger partial charge in [0.25, 0.3) is 5.92 Å². The van der Waals surface area contributed by atoms with Gasteiger partial charge in [-0.15, -0.1) is 0 Å². The molecule has 1 unspecified atom stereocenters. The van der Waals surface area contributed by atoms with Gasteiger partial charge in [0.15, 0.2) is 0 Å². The van der Waals surface area contributed by atoms with E-state index >= 15 is 0 Å². The van der Waals surface area contributed by atoms with E-state index in [1.165, 1.54) is 0 Å². The standard InChI is InChI=1S/C15H12F2N2O/c16-15(17)9-12(15)14(20)19-11-5-3-4-10(8-11)13-6-1-2-7-18-13/h1-8,12H,9H2,(H,19,20). The number of rotatable bonds is 3. The van der Waals surface area contributed by atoms with Crippen LogP contribution in [-0.4, -0.2) is 16.8 Å². The largest absolute Gasteiger partial charge is 0.326 e. The maximum atomic E-state index is 12.8. The summed E-state index contributed by atoms with van der Waals surface area (Å²) in [6.45, 7) is 0. The fraction of sp³-hybridized carbons (Fsp3) is 0.200. The van der Waals surface area contributed by atoms with Gasteiger partial charge in [0.1, 0.15) is 5.92 Å². The van der Waals surface area contributed by atoms with Gasteiger partial charge in [-0.05, 0) is 24.3 Å². The van der Waals surface area contributed by atoms with E-state index in [0.29, 0.717) is 5.69 Å². The van der Waals surface area contributed by atoms with E-state index in [2.05, 4.69) is 10.3 Å². The van der Waals surface area contributed by atoms with Gasteiger partial charge in [-0.25, -0.2) is 8.78 Å². The first kappa shape index (κ1) is 12.7. The number of benzene rings is 1. The van der Waals surface area contributed by atoms with Crippen LogP contribution in [0, 0.1) is 5.92 Å². The van der Waals surface area contributed by atoms with Gasteiger partial charge in [0.05, 0.1) is 5.69 Å². The van der Waals surface area contributed by atoms with Crippen molar-refractivity contribution in [1.29, 1.82) is 0 Å². The van der Waals surface area contributed by atoms with Gasteiger partial charge < -0.3 is 5.32 Å². The lowest BCUT2D eigenvalue weighted by molar-refractivity contribution is -0.119. The Kier molecular flexibility index (Phi) is 2.97. The first-order chi connectivity index (χ1) is 9.56. The van der Waals surface area contributed by atoms with Crippen LogP contribution in [-0.2, 0) is 4.79 Å². The SMILES string of the molecule is O=C(Nc1cccc(-c2ccccn2)c1)C1CC1(F)F. The van der Waals surface area contributed by atoms with Crippen molar-refractivity contribution in [2.24, 2.45) is 5.92 Å². The molecular formula is C15H12F2N2O. The fourth-order valence-corrected chi connectivity index (χ4v) is 2.02. The number of nitrogens with zero attached hydrogens (tertiary/aromatic N) is 1. The molecule has 0 spiro atoms. The Balaban J connectivity index is 1.77. The van der Waals surface area contributed by atoms with Crippen molar-refractivity contribution in [3.8, 4) is 11.3 Å². The molecule has 0 saturated heterocycles. The number of nitrogens with one attached hydrogen (secondary N) is 1. The molecule has 1 fully saturated rings. The fourth-order valence-electron chi connectivity index (χ4n) is 2.02. The lowest BCUT2D eigenvalue weighted by atomic mass is 10.1. The number of hydrogen-bond donors (Lipinski definition) is 1. The molecule has 1 N–H and O–H groups in total. The second-order valence-corrected chi connectivity index (χ2v) is 4.80. The smallest absolute Gasteiger partial charge is 0.260 e. The molecule has 20 heavy (non-hydrogen) atoms. The highest BCUT2D eigenvalue weighted by Crippen LogP contribution is 2.49. The zero-order valence-electron chi connectivity index (χ0n) is 10.5. The first-order valence-electron chi connectivity index (χ1n) is 6.26. The van der Waals surface area contributed by atoms with Crippen molar-refractivity contribution in [3.63, 3.8) is 0 Å². The van der Waals surface area contributed by atoms with Gasteiger partial charge in [-0.3, -0.25) is 9.78 Å². The van der Waals surface area contributed by atoms with Gasteiger partial charge in [0, 0.05) is 23.9 Å². The summed E-state index contributed by atoms with van der Waals surface area (Å²) in [6.07, 6.45) is 1.31. The summed E-state index contributed by atoms with van der Waals surface area (Å²) in [4.78, 5) is 15.8. The van der Waals surface area contributed by atoms with Crippen LogP contribution >= 0.6 is 0 Å². The number of carbonyl (C=O) groups is 1. The zero-order valence-corrected chi connectivity index (χ0v) is 10.5. The van der Waals surface area contributed by atoms with Gasteiger partial charge in [0.2, 0.25) is 5.91 Å². The zero-order chi connectivity index (χ0) is 14.2. The molecule has 0 radical (unpaired) electrons. The van der Waals surface area contributed by atoms with Crippen LogP contribution in [0.5, 0.6) is 0 Å². The van der Waals surface area contributed by atoms with Gasteiger partial charge >= 0.3 is 0 Å². The Labute approximate surface area is 114 Å². The van der Waals surface area contributed by atoms with E-state index in [4.69, 9.17) is 0 Å². The summed E-state index contributed by atoms with van der Waals surface area (Å²) in [6, 6.07) is 12.5. The molecule has 0 bridgehead atoms. The van der Waals surface area contributed by atoms with Crippen molar-refractivity contribution in [3.05, 3.63) is 48.7 Å². The first-order valence-corrected chi connectivity index (χ1v) is 6.26. The number of pyridine rings is 1. The second-order valence-electron chi connectivity index (χ2n) is 4.80. The van der Waals surface area contributed by atoms with Crippen molar-refractivity contribution < 1.29 is 13.6 Å². The van der Waals surface area contributed by atoms with E-state index in [-0.39, 0.29) is 6.42 Å². The third-order valence-electron chi connectivity index (χ3n) is 3.23. The van der Waals surface area contributed by atoms with Crippen molar-refractivity contribution in [1.82, 2.24) is 4.98 Å². The third-order valence-corrected chi connectivity index (χ3v) is 3.23. The molecule has 0 aliphatic heterocycles. The molecule has 3 rings (SSSR count). The van der Waals surface area contributed by atoms with Gasteiger partial charge in [-0.1, -0.05) is 18.2 Å². The van der Waals surface area contributed by atoms with E-state index in [0.717, 1.165) is 11.3 Å². The predicted octanol–water partition coefficient (Wildman–Crippen LogP) is 3.34. The van der Waals surface area contributed by atoms with E-state index in [1.54, 1.807) is 24.4 Å². The summed E-state index contributed by atoms with van der Waals surface area (Å²) in [5.74, 6) is -4.67. The molecule has 1 saturated carbocycles. The van der Waals surface area contributed by atoms with E-state index < -0.39 is 17.7 Å². The van der Waals surface area contributed by atoms with Crippen LogP contribution in [0.15, 0.2) is 48.7 Å². The summed E-state index contributed by atoms with van der Waals surface area (Å²) >= 11 is 0. The lowest BCUT2D eigenvalue weighted by Gasteiger charge is -2.07. The Morgan fingerprint density at radius 1 is 1.25 bits per heavy atom. The van der Waals surface area contributed by atoms with Crippen LogP contribution < -0.4 is 5.32 Å². The number of halogens is 2. The van der Waals surface area contributed by atoms with Crippen LogP contribution in [0.4, 0.5) is 14.5 Å². The van der Waals surface area contributed by atoms with Crippen molar-refractivity contribution in [2.45, 2.75) is 12.3 Å². The Bertz CT molecular complexity index is 643. The summed E-state index contributed by atoms with van der Waals surface area (Å²) < 4.78 is 25.6. The van der Waals surface area contributed by atoms with Gasteiger partial charge in [-0.2, -0.15) is 0 Å². The molecule has 3 nitrogen and oxygen atoms in total. The molecule has 1 atom stereocenters. The topological polar surface area (TPSA) is 42.0 Å². The highest BCUT2D eigenvalue weighted by Gasteiger charge is 2.61. The van der Waals surface area contributed by atoms with Crippen LogP contribution in [0.2, 0.25) is 0 Å². The average Bonchev–Trinajstić information content (AvgIpc) is 3.09. The minimum atomic E-state index is -2.84. The average molecular weight is 274 g/mol. The highest BCUT2D eigenvalue weighted by molar-refractivity contribution is 5.95. The minimum Gasteiger partial charge on any atom is -0.326 e. The van der Waals surface area contributed by atoms with Crippen LogP contribution in [0.3, 0.4) is 0 Å². The lowest BCUT2D eigenvalue weighted by Crippen LogP contribution is -2.17. The Hall–Kier alpha value is -2.30. The summed E-state index contributed by atoms with van der Waals surface area (Å²) in [5, 5.41) is 2.52. The normalized spacial score (nSPS) is 19.4. The van der Waals surface area contributed by atoms with Crippen LogP contribution in [0.1, 0.15) is 6.42 Å². The number of amides is 1. The Morgan fingerprint density at radius 3 is 2.70 bits per heavy atom. The molecule has 1 amide bonds. The molecule has 102 valence electrons. The number of anilines is 1. The molecule has 2 aromatic rings. The monoisotopic (exact) mass is 274 g/mol. The molecule has 5 heteroatoms. The van der Waals surface area contributed by atoms with Crippen molar-refractivity contribution in [2.75, 3.05) is 5.32 Å². The summed E-state index contributed by atoms with van der Waals surface area (Å²) in [5.41, 5.74) is 2.09. The van der Waals surface area contributed by atoms with Crippen LogP contribution in [0.25, 0.3) is 11.3 Å². The second kappa shape index (κ2) is 4.67. The Morgan fingerprint density at radius 2 is 2.05 bits per heavy atom. The number of alkyl halides is 2. The minimum absolute atomic E-state index is 0.362. The predicted molar refractivity (Wildman–Crippen MR) is 71.4 cm³/mol. The van der Waals surface area contributed by atoms with E-state index in [9.17, 15) is 13.6 Å². The third kappa shape index (κ3) is 2.52. The maximum Gasteiger partial charge on any atom is 0.260 e. The number of carbonyl (C=O) groups excluding carboxylic acids is 1.